The Bertz CT molecular complexity index is 737. The smallest absolute Gasteiger partial charge is 0.421 e. The monoisotopic (exact) mass is 345 g/mol. The van der Waals surface area contributed by atoms with E-state index in [9.17, 15) is 27.7 Å². The highest BCUT2D eigenvalue weighted by Gasteiger charge is 2.35. The number of ether oxygens (including phenoxy) is 1. The van der Waals surface area contributed by atoms with Crippen molar-refractivity contribution in [1.82, 2.24) is 4.98 Å². The molecule has 1 aromatic carbocycles. The second-order valence-electron chi connectivity index (χ2n) is 4.52. The van der Waals surface area contributed by atoms with Crippen LogP contribution in [0.1, 0.15) is 5.56 Å². The highest BCUT2D eigenvalue weighted by atomic mass is 19.4. The molecule has 0 atom stereocenters. The molecule has 1 N–H and O–H groups in total. The number of hydrogen-bond donors (Lipinski definition) is 1. The third-order valence-electron chi connectivity index (χ3n) is 2.90. The zero-order chi connectivity index (χ0) is 17.7. The Morgan fingerprint density at radius 1 is 1.25 bits per heavy atom. The van der Waals surface area contributed by atoms with Gasteiger partial charge in [-0.05, 0) is 24.3 Å². The van der Waals surface area contributed by atoms with Crippen molar-refractivity contribution in [2.24, 2.45) is 0 Å². The van der Waals surface area contributed by atoms with Crippen LogP contribution < -0.4 is 10.1 Å². The molecule has 128 valence electrons. The average molecular weight is 345 g/mol. The molecule has 0 aliphatic rings. The van der Waals surface area contributed by atoms with Crippen molar-refractivity contribution in [2.75, 3.05) is 18.5 Å². The third-order valence-corrected chi connectivity index (χ3v) is 2.90. The molecule has 0 spiro atoms. The van der Waals surface area contributed by atoms with Gasteiger partial charge < -0.3 is 10.1 Å². The molecule has 2 rings (SSSR count). The SMILES string of the molecule is O=[N+]([O-])c1c(F)cccc1NCCOc1ncccc1C(F)(F)F. The van der Waals surface area contributed by atoms with Crippen LogP contribution in [-0.2, 0) is 6.18 Å². The molecule has 0 aliphatic carbocycles. The van der Waals surface area contributed by atoms with Gasteiger partial charge in [-0.25, -0.2) is 4.98 Å². The van der Waals surface area contributed by atoms with Crippen LogP contribution in [0.25, 0.3) is 0 Å². The number of benzene rings is 1. The van der Waals surface area contributed by atoms with Crippen molar-refractivity contribution in [3.8, 4) is 5.88 Å². The molecule has 0 amide bonds. The molecule has 0 aliphatic heterocycles. The van der Waals surface area contributed by atoms with Crippen molar-refractivity contribution in [1.29, 1.82) is 0 Å². The fraction of sp³-hybridized carbons (Fsp3) is 0.214. The molecular formula is C14H11F4N3O3. The quantitative estimate of drug-likeness (QED) is 0.374. The van der Waals surface area contributed by atoms with E-state index in [1.54, 1.807) is 0 Å². The Kier molecular flexibility index (Phi) is 5.17. The van der Waals surface area contributed by atoms with Crippen molar-refractivity contribution in [3.05, 3.63) is 58.0 Å². The molecule has 2 aromatic rings. The predicted octanol–water partition coefficient (Wildman–Crippen LogP) is 3.64. The summed E-state index contributed by atoms with van der Waals surface area (Å²) in [5.74, 6) is -1.62. The van der Waals surface area contributed by atoms with Gasteiger partial charge in [-0.15, -0.1) is 0 Å². The largest absolute Gasteiger partial charge is 0.475 e. The van der Waals surface area contributed by atoms with Crippen LogP contribution in [-0.4, -0.2) is 23.1 Å². The number of para-hydroxylation sites is 1. The fourth-order valence-corrected chi connectivity index (χ4v) is 1.90. The number of nitrogens with one attached hydrogen (secondary N) is 1. The lowest BCUT2D eigenvalue weighted by atomic mass is 10.2. The van der Waals surface area contributed by atoms with Gasteiger partial charge in [-0.3, -0.25) is 10.1 Å². The highest BCUT2D eigenvalue weighted by Crippen LogP contribution is 2.34. The molecule has 0 radical (unpaired) electrons. The van der Waals surface area contributed by atoms with Crippen LogP contribution in [0.3, 0.4) is 0 Å². The molecule has 0 bridgehead atoms. The molecule has 0 saturated heterocycles. The minimum Gasteiger partial charge on any atom is -0.475 e. The van der Waals surface area contributed by atoms with Crippen LogP contribution in [0.4, 0.5) is 28.9 Å². The normalized spacial score (nSPS) is 11.2. The van der Waals surface area contributed by atoms with Gasteiger partial charge in [0.05, 0.1) is 4.92 Å². The van der Waals surface area contributed by atoms with E-state index in [1.807, 2.05) is 0 Å². The van der Waals surface area contributed by atoms with Gasteiger partial charge in [-0.1, -0.05) is 6.07 Å². The lowest BCUT2D eigenvalue weighted by Gasteiger charge is -2.13. The number of anilines is 1. The number of nitrogens with zero attached hydrogens (tertiary/aromatic N) is 2. The van der Waals surface area contributed by atoms with Gasteiger partial charge in [0.15, 0.2) is 0 Å². The minimum absolute atomic E-state index is 0.0852. The minimum atomic E-state index is -4.61. The summed E-state index contributed by atoms with van der Waals surface area (Å²) >= 11 is 0. The second kappa shape index (κ2) is 7.11. The summed E-state index contributed by atoms with van der Waals surface area (Å²) in [6.45, 7) is -0.341. The molecule has 6 nitrogen and oxygen atoms in total. The topological polar surface area (TPSA) is 77.3 Å². The Balaban J connectivity index is 2.00. The fourth-order valence-electron chi connectivity index (χ4n) is 1.90. The number of halogens is 4. The predicted molar refractivity (Wildman–Crippen MR) is 76.3 cm³/mol. The van der Waals surface area contributed by atoms with Crippen molar-refractivity contribution < 1.29 is 27.2 Å². The summed E-state index contributed by atoms with van der Waals surface area (Å²) in [6.07, 6.45) is -3.46. The van der Waals surface area contributed by atoms with Crippen molar-refractivity contribution in [3.63, 3.8) is 0 Å². The maximum absolute atomic E-state index is 13.4. The van der Waals surface area contributed by atoms with Gasteiger partial charge in [0, 0.05) is 12.7 Å². The van der Waals surface area contributed by atoms with Crippen molar-refractivity contribution >= 4 is 11.4 Å². The summed E-state index contributed by atoms with van der Waals surface area (Å²) in [4.78, 5) is 13.4. The summed E-state index contributed by atoms with van der Waals surface area (Å²) in [7, 11) is 0. The van der Waals surface area contributed by atoms with E-state index >= 15 is 0 Å². The molecule has 10 heteroatoms. The highest BCUT2D eigenvalue weighted by molar-refractivity contribution is 5.61. The molecular weight excluding hydrogens is 334 g/mol. The van der Waals surface area contributed by atoms with Gasteiger partial charge in [-0.2, -0.15) is 17.6 Å². The van der Waals surface area contributed by atoms with Gasteiger partial charge in [0.2, 0.25) is 11.7 Å². The zero-order valence-corrected chi connectivity index (χ0v) is 12.0. The molecule has 1 heterocycles. The first-order valence-electron chi connectivity index (χ1n) is 6.62. The summed E-state index contributed by atoms with van der Waals surface area (Å²) in [5.41, 5.74) is -1.87. The number of nitro groups is 1. The van der Waals surface area contributed by atoms with E-state index in [2.05, 4.69) is 10.3 Å². The van der Waals surface area contributed by atoms with Crippen molar-refractivity contribution in [2.45, 2.75) is 6.18 Å². The molecule has 0 saturated carbocycles. The zero-order valence-electron chi connectivity index (χ0n) is 12.0. The Morgan fingerprint density at radius 3 is 2.67 bits per heavy atom. The lowest BCUT2D eigenvalue weighted by molar-refractivity contribution is -0.386. The van der Waals surface area contributed by atoms with E-state index in [0.717, 1.165) is 24.4 Å². The first kappa shape index (κ1) is 17.4. The van der Waals surface area contributed by atoms with E-state index in [-0.39, 0.29) is 18.8 Å². The van der Waals surface area contributed by atoms with Gasteiger partial charge >= 0.3 is 11.9 Å². The third kappa shape index (κ3) is 4.09. The number of pyridine rings is 1. The summed E-state index contributed by atoms with van der Waals surface area (Å²) < 4.78 is 56.6. The molecule has 1 aromatic heterocycles. The standard InChI is InChI=1S/C14H11F4N3O3/c15-10-4-1-5-11(12(10)21(22)23)19-7-8-24-13-9(14(16,17)18)3-2-6-20-13/h1-6,19H,7-8H2. The molecule has 24 heavy (non-hydrogen) atoms. The van der Waals surface area contributed by atoms with E-state index in [4.69, 9.17) is 4.74 Å². The van der Waals surface area contributed by atoms with Gasteiger partial charge in [0.25, 0.3) is 0 Å². The number of aromatic nitrogens is 1. The van der Waals surface area contributed by atoms with Crippen LogP contribution in [0.15, 0.2) is 36.5 Å². The number of nitro benzene ring substituents is 1. The Labute approximate surface area is 133 Å². The first-order chi connectivity index (χ1) is 11.3. The molecule has 0 unspecified atom stereocenters. The van der Waals surface area contributed by atoms with Crippen LogP contribution >= 0.6 is 0 Å². The Morgan fingerprint density at radius 2 is 2.00 bits per heavy atom. The van der Waals surface area contributed by atoms with Crippen LogP contribution in [0.2, 0.25) is 0 Å². The first-order valence-corrected chi connectivity index (χ1v) is 6.62. The van der Waals surface area contributed by atoms with E-state index in [1.165, 1.54) is 12.1 Å². The maximum atomic E-state index is 13.4. The summed E-state index contributed by atoms with van der Waals surface area (Å²) in [5, 5.41) is 13.4. The van der Waals surface area contributed by atoms with Crippen LogP contribution in [0, 0.1) is 15.9 Å². The molecule has 0 fully saturated rings. The lowest BCUT2D eigenvalue weighted by Crippen LogP contribution is -2.16. The average Bonchev–Trinajstić information content (AvgIpc) is 2.50. The number of rotatable bonds is 6. The van der Waals surface area contributed by atoms with E-state index in [0.29, 0.717) is 0 Å². The van der Waals surface area contributed by atoms with Gasteiger partial charge in [0.1, 0.15) is 17.9 Å². The Hall–Kier alpha value is -2.91. The number of hydrogen-bond acceptors (Lipinski definition) is 5. The summed E-state index contributed by atoms with van der Waals surface area (Å²) in [6, 6.07) is 5.44. The maximum Gasteiger partial charge on any atom is 0.421 e. The number of alkyl halides is 3. The van der Waals surface area contributed by atoms with Crippen LogP contribution in [0.5, 0.6) is 5.88 Å². The second-order valence-corrected chi connectivity index (χ2v) is 4.52. The van der Waals surface area contributed by atoms with E-state index < -0.39 is 34.0 Å².